The number of ether oxygens (including phenoxy) is 1. The van der Waals surface area contributed by atoms with Gasteiger partial charge >= 0.3 is 0 Å². The van der Waals surface area contributed by atoms with Crippen molar-refractivity contribution < 1.29 is 14.3 Å². The number of carbonyl (C=O) groups excluding carboxylic acids is 2. The van der Waals surface area contributed by atoms with Crippen molar-refractivity contribution in [2.45, 2.75) is 11.7 Å². The molecule has 4 heterocycles. The Morgan fingerprint density at radius 3 is 2.96 bits per heavy atom. The highest BCUT2D eigenvalue weighted by molar-refractivity contribution is 7.13. The number of nitrogens with one attached hydrogen (secondary N) is 1. The maximum absolute atomic E-state index is 13.1. The lowest BCUT2D eigenvalue weighted by molar-refractivity contribution is -0.128. The first-order valence-electron chi connectivity index (χ1n) is 8.12. The first-order valence-corrected chi connectivity index (χ1v) is 9.00. The summed E-state index contributed by atoms with van der Waals surface area (Å²) in [4.78, 5) is 31.7. The van der Waals surface area contributed by atoms with Crippen LogP contribution in [0, 0.1) is 11.8 Å². The average molecular weight is 353 g/mol. The van der Waals surface area contributed by atoms with Crippen LogP contribution < -0.4 is 10.2 Å². The summed E-state index contributed by atoms with van der Waals surface area (Å²) in [6.07, 6.45) is 5.14. The van der Waals surface area contributed by atoms with Crippen molar-refractivity contribution in [3.63, 3.8) is 0 Å². The van der Waals surface area contributed by atoms with Gasteiger partial charge < -0.3 is 15.0 Å². The number of benzene rings is 1. The van der Waals surface area contributed by atoms with Crippen LogP contribution in [0.4, 0.5) is 10.8 Å². The Morgan fingerprint density at radius 1 is 1.36 bits per heavy atom. The van der Waals surface area contributed by atoms with Gasteiger partial charge in [-0.1, -0.05) is 30.4 Å². The fourth-order valence-electron chi connectivity index (χ4n) is 4.10. The molecule has 1 spiro atoms. The number of hydrogen-bond donors (Lipinski definition) is 1. The van der Waals surface area contributed by atoms with Crippen LogP contribution in [0.2, 0.25) is 0 Å². The smallest absolute Gasteiger partial charge is 0.234 e. The molecule has 1 aromatic heterocycles. The van der Waals surface area contributed by atoms with Crippen LogP contribution in [-0.4, -0.2) is 35.0 Å². The first kappa shape index (κ1) is 14.8. The van der Waals surface area contributed by atoms with Crippen molar-refractivity contribution in [2.75, 3.05) is 16.8 Å². The maximum atomic E-state index is 13.1. The first-order chi connectivity index (χ1) is 12.2. The van der Waals surface area contributed by atoms with Crippen molar-refractivity contribution in [1.82, 2.24) is 4.98 Å². The van der Waals surface area contributed by atoms with Crippen LogP contribution in [-0.2, 0) is 14.3 Å². The minimum Gasteiger partial charge on any atom is -0.360 e. The molecule has 3 aliphatic heterocycles. The highest BCUT2D eigenvalue weighted by Gasteiger charge is 2.67. The van der Waals surface area contributed by atoms with Gasteiger partial charge in [-0.2, -0.15) is 0 Å². The predicted octanol–water partition coefficient (Wildman–Crippen LogP) is 2.07. The lowest BCUT2D eigenvalue weighted by Gasteiger charge is -2.22. The van der Waals surface area contributed by atoms with Crippen molar-refractivity contribution >= 4 is 34.0 Å². The standard InChI is InChI=1S/C18H15N3O3S/c22-15(20-17-19-8-9-25-17)13-12-6-7-18(24-12)10-21(16(23)14(13)18)11-4-2-1-3-5-11/h1-9,12-14H,10H2,(H,19,20,22)/t12-,13-,14-,18-/m0/s1. The number of rotatable bonds is 3. The van der Waals surface area contributed by atoms with Gasteiger partial charge in [-0.25, -0.2) is 4.98 Å². The number of hydrogen-bond acceptors (Lipinski definition) is 5. The van der Waals surface area contributed by atoms with Gasteiger partial charge in [-0.15, -0.1) is 11.3 Å². The number of nitrogens with zero attached hydrogens (tertiary/aromatic N) is 2. The number of para-hydroxylation sites is 1. The van der Waals surface area contributed by atoms with Crippen LogP contribution in [0.25, 0.3) is 0 Å². The highest BCUT2D eigenvalue weighted by atomic mass is 32.1. The molecule has 2 aromatic rings. The Bertz CT molecular complexity index is 867. The molecule has 5 rings (SSSR count). The molecule has 7 heteroatoms. The van der Waals surface area contributed by atoms with Gasteiger partial charge in [0.25, 0.3) is 0 Å². The van der Waals surface area contributed by atoms with Gasteiger partial charge in [0.15, 0.2) is 5.13 Å². The zero-order valence-corrected chi connectivity index (χ0v) is 14.0. The van der Waals surface area contributed by atoms with Crippen LogP contribution in [0.5, 0.6) is 0 Å². The summed E-state index contributed by atoms with van der Waals surface area (Å²) >= 11 is 1.35. The molecule has 3 aliphatic rings. The van der Waals surface area contributed by atoms with Crippen molar-refractivity contribution in [1.29, 1.82) is 0 Å². The van der Waals surface area contributed by atoms with E-state index in [2.05, 4.69) is 10.3 Å². The molecule has 1 N–H and O–H groups in total. The zero-order valence-electron chi connectivity index (χ0n) is 13.2. The molecule has 126 valence electrons. The second-order valence-corrected chi connectivity index (χ2v) is 7.38. The molecular formula is C18H15N3O3S. The quantitative estimate of drug-likeness (QED) is 0.858. The molecule has 0 unspecified atom stereocenters. The number of amides is 2. The molecule has 2 bridgehead atoms. The summed E-state index contributed by atoms with van der Waals surface area (Å²) in [5.41, 5.74) is 0.124. The third-order valence-corrected chi connectivity index (χ3v) is 5.82. The number of aromatic nitrogens is 1. The molecule has 2 saturated heterocycles. The van der Waals surface area contributed by atoms with Gasteiger partial charge in [-0.3, -0.25) is 9.59 Å². The molecule has 0 saturated carbocycles. The number of fused-ring (bicyclic) bond motifs is 1. The Balaban J connectivity index is 1.47. The Kier molecular flexibility index (Phi) is 3.10. The molecule has 0 aliphatic carbocycles. The van der Waals surface area contributed by atoms with E-state index in [1.54, 1.807) is 16.5 Å². The highest BCUT2D eigenvalue weighted by Crippen LogP contribution is 2.52. The lowest BCUT2D eigenvalue weighted by atomic mass is 9.77. The van der Waals surface area contributed by atoms with Crippen LogP contribution in [0.1, 0.15) is 0 Å². The molecule has 2 fully saturated rings. The molecule has 4 atom stereocenters. The van der Waals surface area contributed by atoms with E-state index in [9.17, 15) is 9.59 Å². The minimum absolute atomic E-state index is 0.0580. The maximum Gasteiger partial charge on any atom is 0.234 e. The van der Waals surface area contributed by atoms with Gasteiger partial charge in [0, 0.05) is 17.3 Å². The molecule has 1 aromatic carbocycles. The lowest BCUT2D eigenvalue weighted by Crippen LogP contribution is -2.41. The van der Waals surface area contributed by atoms with Crippen LogP contribution in [0.3, 0.4) is 0 Å². The van der Waals surface area contributed by atoms with Crippen LogP contribution in [0.15, 0.2) is 54.1 Å². The van der Waals surface area contributed by atoms with Gasteiger partial charge in [0.05, 0.1) is 24.5 Å². The van der Waals surface area contributed by atoms with Gasteiger partial charge in [0.1, 0.15) is 5.60 Å². The van der Waals surface area contributed by atoms with E-state index in [1.807, 2.05) is 42.5 Å². The summed E-state index contributed by atoms with van der Waals surface area (Å²) < 4.78 is 6.11. The fourth-order valence-corrected chi connectivity index (χ4v) is 4.63. The van der Waals surface area contributed by atoms with E-state index in [0.29, 0.717) is 11.7 Å². The second-order valence-electron chi connectivity index (χ2n) is 6.49. The zero-order chi connectivity index (χ0) is 17.0. The molecular weight excluding hydrogens is 338 g/mol. The summed E-state index contributed by atoms with van der Waals surface area (Å²) in [7, 11) is 0. The van der Waals surface area contributed by atoms with E-state index >= 15 is 0 Å². The predicted molar refractivity (Wildman–Crippen MR) is 93.3 cm³/mol. The van der Waals surface area contributed by atoms with Crippen molar-refractivity contribution in [3.8, 4) is 0 Å². The molecule has 6 nitrogen and oxygen atoms in total. The normalized spacial score (nSPS) is 32.2. The molecule has 2 amide bonds. The Hall–Kier alpha value is -2.51. The Morgan fingerprint density at radius 2 is 2.20 bits per heavy atom. The van der Waals surface area contributed by atoms with E-state index in [4.69, 9.17) is 4.74 Å². The minimum atomic E-state index is -0.706. The fraction of sp³-hybridized carbons (Fsp3) is 0.278. The van der Waals surface area contributed by atoms with Crippen LogP contribution >= 0.6 is 11.3 Å². The third kappa shape index (κ3) is 2.09. The largest absolute Gasteiger partial charge is 0.360 e. The SMILES string of the molecule is O=C(Nc1nccs1)[C@H]1[C@@H]2C=C[C@@]3(CN(c4ccccc4)C(=O)[C@H]13)O2. The van der Waals surface area contributed by atoms with E-state index < -0.39 is 17.4 Å². The number of carbonyl (C=O) groups is 2. The number of thiazole rings is 1. The van der Waals surface area contributed by atoms with E-state index in [-0.39, 0.29) is 17.9 Å². The van der Waals surface area contributed by atoms with E-state index in [1.165, 1.54) is 11.3 Å². The third-order valence-electron chi connectivity index (χ3n) is 5.13. The van der Waals surface area contributed by atoms with E-state index in [0.717, 1.165) is 5.69 Å². The summed E-state index contributed by atoms with van der Waals surface area (Å²) in [6, 6.07) is 9.51. The topological polar surface area (TPSA) is 71.5 Å². The van der Waals surface area contributed by atoms with Crippen molar-refractivity contribution in [3.05, 3.63) is 54.1 Å². The molecule has 25 heavy (non-hydrogen) atoms. The Labute approximate surface area is 148 Å². The van der Waals surface area contributed by atoms with Crippen molar-refractivity contribution in [2.24, 2.45) is 11.8 Å². The van der Waals surface area contributed by atoms with Gasteiger partial charge in [-0.05, 0) is 12.1 Å². The second kappa shape index (κ2) is 5.24. The molecule has 0 radical (unpaired) electrons. The monoisotopic (exact) mass is 353 g/mol. The average Bonchev–Trinajstić information content (AvgIpc) is 3.38. The summed E-state index contributed by atoms with van der Waals surface area (Å²) in [5, 5.41) is 5.15. The number of anilines is 2. The summed E-state index contributed by atoms with van der Waals surface area (Å²) in [6.45, 7) is 0.439. The van der Waals surface area contributed by atoms with Gasteiger partial charge in [0.2, 0.25) is 11.8 Å². The summed E-state index contributed by atoms with van der Waals surface area (Å²) in [5.74, 6) is -1.30.